The number of benzene rings is 1. The number of hydrogen-bond donors (Lipinski definition) is 1. The number of alkyl halides is 3. The van der Waals surface area contributed by atoms with Crippen molar-refractivity contribution in [2.75, 3.05) is 26.8 Å². The monoisotopic (exact) mass is 726 g/mol. The first-order valence-corrected chi connectivity index (χ1v) is 11.2. The van der Waals surface area contributed by atoms with Gasteiger partial charge in [0.25, 0.3) is 0 Å². The van der Waals surface area contributed by atoms with Crippen LogP contribution in [0.4, 0.5) is 22.0 Å². The Balaban J connectivity index is 0. The number of unbranched alkanes of at least 4 members (excludes halogenated alkanes) is 1. The number of allylic oxidation sites excluding steroid dienone is 4. The maximum Gasteiger partial charge on any atom is 2.00 e. The van der Waals surface area contributed by atoms with Crippen LogP contribution in [-0.4, -0.2) is 31.7 Å². The Labute approximate surface area is 231 Å². The van der Waals surface area contributed by atoms with E-state index in [0.29, 0.717) is 17.8 Å². The number of rotatable bonds is 8. The molecule has 0 aliphatic carbocycles. The van der Waals surface area contributed by atoms with Crippen LogP contribution in [0.15, 0.2) is 53.8 Å². The molecule has 0 saturated carbocycles. The predicted molar refractivity (Wildman–Crippen MR) is 128 cm³/mol. The summed E-state index contributed by atoms with van der Waals surface area (Å²) < 4.78 is 62.4. The molecule has 0 spiro atoms. The van der Waals surface area contributed by atoms with Crippen LogP contribution in [-0.2, 0) is 10.9 Å². The van der Waals surface area contributed by atoms with Crippen molar-refractivity contribution in [1.29, 1.82) is 0 Å². The largest absolute Gasteiger partial charge is 2.00 e. The van der Waals surface area contributed by atoms with Gasteiger partial charge in [0.15, 0.2) is 0 Å². The first kappa shape index (κ1) is 36.0. The molecule has 2 N–H and O–H groups in total. The smallest absolute Gasteiger partial charge is 0.425 e. The van der Waals surface area contributed by atoms with Gasteiger partial charge in [-0.1, -0.05) is 48.8 Å². The molecule has 196 valence electrons. The number of halogens is 5. The average Bonchev–Trinajstić information content (AvgIpc) is 3.36. The van der Waals surface area contributed by atoms with Gasteiger partial charge in [0, 0.05) is 31.5 Å². The Bertz CT molecular complexity index is 733. The van der Waals surface area contributed by atoms with Crippen molar-refractivity contribution >= 4 is 0 Å². The quantitative estimate of drug-likeness (QED) is 0.172. The van der Waals surface area contributed by atoms with E-state index in [2.05, 4.69) is 19.1 Å². The van der Waals surface area contributed by atoms with Crippen molar-refractivity contribution < 1.29 is 57.8 Å². The zero-order valence-corrected chi connectivity index (χ0v) is 25.1. The molecule has 0 radical (unpaired) electrons. The molecular formula is C26H37F5N2OU. The van der Waals surface area contributed by atoms with E-state index in [-0.39, 0.29) is 37.2 Å². The summed E-state index contributed by atoms with van der Waals surface area (Å²) in [5, 5.41) is 0. The van der Waals surface area contributed by atoms with Crippen LogP contribution in [0.1, 0.15) is 63.6 Å². The van der Waals surface area contributed by atoms with Gasteiger partial charge < -0.3 is 19.3 Å². The molecule has 1 saturated heterocycles. The molecule has 1 aromatic carbocycles. The van der Waals surface area contributed by atoms with E-state index < -0.39 is 18.7 Å². The van der Waals surface area contributed by atoms with Crippen LogP contribution in [0, 0.1) is 44.1 Å². The van der Waals surface area contributed by atoms with Crippen molar-refractivity contribution in [3.63, 3.8) is 0 Å². The van der Waals surface area contributed by atoms with Gasteiger partial charge in [-0.2, -0.15) is 37.4 Å². The first-order valence-electron chi connectivity index (χ1n) is 11.2. The summed E-state index contributed by atoms with van der Waals surface area (Å²) in [6.07, 6.45) is 8.22. The van der Waals surface area contributed by atoms with Crippen LogP contribution < -0.4 is 5.73 Å². The molecule has 0 aromatic heterocycles. The van der Waals surface area contributed by atoms with Gasteiger partial charge >= 0.3 is 37.3 Å². The fourth-order valence-electron chi connectivity index (χ4n) is 3.09. The van der Waals surface area contributed by atoms with Crippen molar-refractivity contribution in [3.05, 3.63) is 77.9 Å². The fraction of sp³-hybridized carbons (Fsp3) is 0.500. The minimum absolute atomic E-state index is 0. The van der Waals surface area contributed by atoms with E-state index in [1.54, 1.807) is 0 Å². The molecule has 35 heavy (non-hydrogen) atoms. The van der Waals surface area contributed by atoms with Crippen LogP contribution in [0.25, 0.3) is 0 Å². The number of likely N-dealkylation sites (N-methyl/N-ethyl adjacent to an activating group) is 1. The first-order chi connectivity index (χ1) is 16.1. The molecule has 1 unspecified atom stereocenters. The van der Waals surface area contributed by atoms with Crippen LogP contribution in [0.5, 0.6) is 0 Å². The molecule has 1 fully saturated rings. The summed E-state index contributed by atoms with van der Waals surface area (Å²) in [5.41, 5.74) is 7.45. The van der Waals surface area contributed by atoms with Gasteiger partial charge in [-0.05, 0) is 47.1 Å². The third-order valence-electron chi connectivity index (χ3n) is 4.81. The predicted octanol–water partition coefficient (Wildman–Crippen LogP) is 7.49. The molecule has 1 aliphatic rings. The molecular weight excluding hydrogens is 689 g/mol. The van der Waals surface area contributed by atoms with Crippen molar-refractivity contribution in [2.24, 2.45) is 5.73 Å². The minimum Gasteiger partial charge on any atom is -0.425 e. The second kappa shape index (κ2) is 21.0. The van der Waals surface area contributed by atoms with Gasteiger partial charge in [0.05, 0.1) is 0 Å². The van der Waals surface area contributed by atoms with Crippen LogP contribution in [0.3, 0.4) is 0 Å². The molecule has 9 heteroatoms. The van der Waals surface area contributed by atoms with Gasteiger partial charge in [-0.25, -0.2) is 0 Å². The summed E-state index contributed by atoms with van der Waals surface area (Å²) in [5.74, 6) is 0. The van der Waals surface area contributed by atoms with Gasteiger partial charge in [0.1, 0.15) is 0 Å². The topological polar surface area (TPSA) is 38.5 Å². The van der Waals surface area contributed by atoms with Crippen molar-refractivity contribution in [1.82, 2.24) is 4.90 Å². The van der Waals surface area contributed by atoms with Crippen molar-refractivity contribution in [3.8, 4) is 0 Å². The van der Waals surface area contributed by atoms with Gasteiger partial charge in [-0.15, -0.1) is 5.56 Å². The molecule has 3 nitrogen and oxygen atoms in total. The summed E-state index contributed by atoms with van der Waals surface area (Å²) in [7, 11) is 1.92. The fourth-order valence-corrected chi connectivity index (χ4v) is 3.09. The Morgan fingerprint density at radius 3 is 2.23 bits per heavy atom. The number of nitrogens with zero attached hydrogens (tertiary/aromatic N) is 1. The molecule has 1 aromatic rings. The van der Waals surface area contributed by atoms with E-state index in [1.165, 1.54) is 18.9 Å². The molecule has 1 atom stereocenters. The standard InChI is InChI=1S/C21H28F3N2.C4H8O.CHF2.U/c1-5-6-7-8-9-16(2)20(26(4)15-14-17(3)25)18-10-12-19(13-11-18)21(22,23)24;1-2-4-5-3-1;2-1-3;/h7-10,12-14,20H,5-6,15,25H2,1-4H3;1-4H2;1H;/q-1;;-1;+2/b8-7-,16-9+,17-14+;;;. The van der Waals surface area contributed by atoms with E-state index in [9.17, 15) is 22.0 Å². The zero-order chi connectivity index (χ0) is 26.0. The maximum atomic E-state index is 12.8. The minimum atomic E-state index is -4.36. The molecule has 2 rings (SSSR count). The Hall–Kier alpha value is -1.14. The summed E-state index contributed by atoms with van der Waals surface area (Å²) in [4.78, 5) is 2.04. The second-order valence-corrected chi connectivity index (χ2v) is 7.85. The number of ether oxygens (including phenoxy) is 1. The maximum absolute atomic E-state index is 12.8. The van der Waals surface area contributed by atoms with Crippen LogP contribution >= 0.6 is 0 Å². The normalized spacial score (nSPS) is 15.1. The third kappa shape index (κ3) is 17.0. The van der Waals surface area contributed by atoms with E-state index in [4.69, 9.17) is 10.5 Å². The second-order valence-electron chi connectivity index (χ2n) is 7.85. The Morgan fingerprint density at radius 2 is 1.83 bits per heavy atom. The van der Waals surface area contributed by atoms with E-state index >= 15 is 0 Å². The molecule has 0 bridgehead atoms. The average molecular weight is 727 g/mol. The van der Waals surface area contributed by atoms with Gasteiger partial charge in [0.2, 0.25) is 0 Å². The number of nitrogens with two attached hydrogens (primary N) is 1. The Morgan fingerprint density at radius 1 is 1.23 bits per heavy atom. The van der Waals surface area contributed by atoms with E-state index in [1.807, 2.05) is 44.0 Å². The Kier molecular flexibility index (Phi) is 21.6. The summed E-state index contributed by atoms with van der Waals surface area (Å²) in [6, 6.07) is 6.25. The molecule has 1 aliphatic heterocycles. The summed E-state index contributed by atoms with van der Waals surface area (Å²) >= 11 is 0. The van der Waals surface area contributed by atoms with Crippen molar-refractivity contribution in [2.45, 2.75) is 58.7 Å². The van der Waals surface area contributed by atoms with Crippen LogP contribution in [0.2, 0.25) is 0 Å². The van der Waals surface area contributed by atoms with Gasteiger partial charge in [-0.3, -0.25) is 4.90 Å². The molecule has 1 heterocycles. The van der Waals surface area contributed by atoms with E-state index in [0.717, 1.165) is 43.8 Å². The molecule has 0 amide bonds. The zero-order valence-electron chi connectivity index (χ0n) is 21.0. The summed E-state index contributed by atoms with van der Waals surface area (Å²) in [6.45, 7) is 7.48. The third-order valence-corrected chi connectivity index (χ3v) is 4.81. The number of hydrogen-bond acceptors (Lipinski definition) is 3. The SMILES string of the molecule is C1CCOC1.CCC/C=C\C=C(/C)C(c1[c-]cc(C(F)(F)F)cc1)N(C)C/C=C(\C)N.F[CH-]F.[U+2].